The summed E-state index contributed by atoms with van der Waals surface area (Å²) in [5, 5.41) is 11.1. The maximum absolute atomic E-state index is 3.96. The second kappa shape index (κ2) is 19.8. The lowest BCUT2D eigenvalue weighted by Crippen LogP contribution is -3.00. The van der Waals surface area contributed by atoms with Gasteiger partial charge < -0.3 is 16.0 Å². The second-order valence-corrected chi connectivity index (χ2v) is 19.0. The molecule has 3 N–H and O–H groups in total. The first kappa shape index (κ1) is 38.6. The van der Waals surface area contributed by atoms with Gasteiger partial charge in [0.25, 0.3) is 0 Å². The van der Waals surface area contributed by atoms with Crippen molar-refractivity contribution in [3.05, 3.63) is 0 Å². The molecular weight excluding hydrogens is 595 g/mol. The number of fused-ring (bicyclic) bond motifs is 2. The topological polar surface area (TPSA) is 36.1 Å². The molecule has 1 saturated heterocycles. The third-order valence-corrected chi connectivity index (χ3v) is 15.9. The van der Waals surface area contributed by atoms with Gasteiger partial charge in [-0.3, -0.25) is 0 Å². The number of nitrogens with one attached hydrogen (secondary N) is 3. The number of hydrogen-bond donors (Lipinski definition) is 3. The molecule has 0 bridgehead atoms. The van der Waals surface area contributed by atoms with Crippen molar-refractivity contribution in [1.29, 1.82) is 0 Å². The van der Waals surface area contributed by atoms with Gasteiger partial charge in [-0.1, -0.05) is 124 Å². The smallest absolute Gasteiger partial charge is 0.00981 e. The monoisotopic (exact) mass is 680 g/mol. The van der Waals surface area contributed by atoms with Gasteiger partial charge in [-0.25, -0.2) is 0 Å². The maximum Gasteiger partial charge on any atom is 0.00981 e. The molecule has 11 rings (SSSR count). The minimum atomic E-state index is 0.872. The molecule has 0 radical (unpaired) electrons. The fraction of sp³-hybridized carbons (Fsp3) is 1.00. The Morgan fingerprint density at radius 2 is 0.776 bits per heavy atom. The van der Waals surface area contributed by atoms with Gasteiger partial charge >= 0.3 is 0 Å². The Morgan fingerprint density at radius 1 is 0.408 bits per heavy atom. The van der Waals surface area contributed by atoms with Crippen molar-refractivity contribution in [3.8, 4) is 0 Å². The fourth-order valence-corrected chi connectivity index (χ4v) is 13.4. The Morgan fingerprint density at radius 3 is 1.14 bits per heavy atom. The van der Waals surface area contributed by atoms with E-state index in [0.717, 1.165) is 36.0 Å². The minimum absolute atomic E-state index is 0.872. The zero-order chi connectivity index (χ0) is 34.0. The number of piperidine rings is 1. The summed E-state index contributed by atoms with van der Waals surface area (Å²) in [5.74, 6) is 12.8. The van der Waals surface area contributed by atoms with Gasteiger partial charge in [0, 0.05) is 24.2 Å². The van der Waals surface area contributed by atoms with Crippen molar-refractivity contribution >= 4 is 0 Å². The van der Waals surface area contributed by atoms with Gasteiger partial charge in [0.05, 0.1) is 0 Å². The zero-order valence-corrected chi connectivity index (χ0v) is 33.4. The number of rotatable bonds is 10. The van der Waals surface area contributed by atoms with E-state index in [-0.39, 0.29) is 0 Å². The molecule has 0 aromatic rings. The second-order valence-electron chi connectivity index (χ2n) is 19.0. The van der Waals surface area contributed by atoms with E-state index in [2.05, 4.69) is 43.6 Å². The van der Waals surface area contributed by atoms with Gasteiger partial charge in [0.2, 0.25) is 0 Å². The highest BCUT2D eigenvalue weighted by Crippen LogP contribution is 3.00. The number of unbranched alkanes of at least 4 members (excludes halogenated alkanes) is 4. The first-order valence-corrected chi connectivity index (χ1v) is 23.4. The first-order chi connectivity index (χ1) is 24.2. The molecule has 3 nitrogen and oxygen atoms in total. The largest absolute Gasteiger partial charge is 0.317 e. The minimum Gasteiger partial charge on any atom is -0.317 e. The molecule has 4 atom stereocenters. The molecule has 1 aliphatic heterocycles. The highest BCUT2D eigenvalue weighted by atomic mass is 15.0. The van der Waals surface area contributed by atoms with Crippen LogP contribution in [0, 0.1) is 59.2 Å². The van der Waals surface area contributed by atoms with Crippen molar-refractivity contribution in [2.75, 3.05) is 13.1 Å². The van der Waals surface area contributed by atoms with Crippen LogP contribution in [-0.4, -0.2) is 37.3 Å². The van der Waals surface area contributed by atoms with Crippen molar-refractivity contribution in [3.63, 3.8) is 0 Å². The van der Waals surface area contributed by atoms with Crippen LogP contribution in [0.3, 0.4) is 0 Å². The van der Waals surface area contributed by atoms with Gasteiger partial charge in [0.1, 0.15) is 0 Å². The summed E-state index contributed by atoms with van der Waals surface area (Å²) in [7, 11) is 0. The van der Waals surface area contributed by atoms with Gasteiger partial charge in [-0.05, 0) is 143 Å². The summed E-state index contributed by atoms with van der Waals surface area (Å²) >= 11 is 0. The average Bonchev–Trinajstić information content (AvgIpc) is 3.17. The zero-order valence-electron chi connectivity index (χ0n) is 33.4. The molecular formula is C46H85N3. The van der Waals surface area contributed by atoms with Gasteiger partial charge in [-0.15, -0.1) is 0 Å². The lowest BCUT2D eigenvalue weighted by molar-refractivity contribution is -0.565. The predicted molar refractivity (Wildman–Crippen MR) is 212 cm³/mol. The third kappa shape index (κ3) is 8.99. The van der Waals surface area contributed by atoms with E-state index in [4.69, 9.17) is 0 Å². The maximum atomic E-state index is 3.96. The summed E-state index contributed by atoms with van der Waals surface area (Å²) in [6, 6.07) is 3.56. The van der Waals surface area contributed by atoms with Crippen LogP contribution in [0.1, 0.15) is 195 Å². The lowest BCUT2D eigenvalue weighted by Gasteiger charge is -3.03. The van der Waals surface area contributed by atoms with E-state index in [9.17, 15) is 0 Å². The molecule has 4 unspecified atom stereocenters. The van der Waals surface area contributed by atoms with Crippen molar-refractivity contribution in [2.45, 2.75) is 219 Å². The molecule has 10 aliphatic carbocycles. The van der Waals surface area contributed by atoms with Gasteiger partial charge in [-0.2, -0.15) is 0 Å². The molecule has 49 heavy (non-hydrogen) atoms. The summed E-state index contributed by atoms with van der Waals surface area (Å²) < 4.78 is 0. The van der Waals surface area contributed by atoms with Crippen LogP contribution < -0.4 is 16.0 Å². The SMILES string of the molecule is C12C3C4C1C1C2C3C41.C1CCC(NC2CCCCC2)CC1.C1CCC2NC3CCCCC3CC2C1.CCCCCCC.CCCNCCC. The van der Waals surface area contributed by atoms with Crippen LogP contribution in [0.2, 0.25) is 0 Å². The fourth-order valence-electron chi connectivity index (χ4n) is 13.4. The standard InChI is InChI=1S/C13H23N.C12H23N.C8H8.C7H16.C6H15N/c1-3-7-12-10(5-1)9-11-6-2-4-8-13(11)14-12;1-3-7-11(8-4-1)13-12-9-5-2-6-10-12;1-2-5-3(1)7-4(1)6(2)8(5)7;2*1-3-5-7-6-4-2/h10-14H,1-9H2;11-13H,1-10H2;1-8H;3-7H2,1-2H3;7H,3-6H2,1-2H3. The molecule has 11 fully saturated rings. The van der Waals surface area contributed by atoms with Crippen molar-refractivity contribution < 1.29 is 0 Å². The van der Waals surface area contributed by atoms with Crippen molar-refractivity contribution in [1.82, 2.24) is 16.0 Å². The van der Waals surface area contributed by atoms with Crippen LogP contribution in [-0.2, 0) is 0 Å². The molecule has 11 aliphatic rings. The van der Waals surface area contributed by atoms with E-state index >= 15 is 0 Å². The van der Waals surface area contributed by atoms with E-state index in [1.807, 2.05) is 0 Å². The van der Waals surface area contributed by atoms with E-state index in [1.54, 1.807) is 6.42 Å². The highest BCUT2D eigenvalue weighted by Gasteiger charge is 2.97. The Bertz CT molecular complexity index is 722. The lowest BCUT2D eigenvalue weighted by atomic mass is 9.01. The molecule has 284 valence electrons. The van der Waals surface area contributed by atoms with Crippen LogP contribution in [0.15, 0.2) is 0 Å². The first-order valence-electron chi connectivity index (χ1n) is 23.4. The van der Waals surface area contributed by atoms with Crippen LogP contribution in [0.4, 0.5) is 0 Å². The summed E-state index contributed by atoms with van der Waals surface area (Å²) in [5.41, 5.74) is 0. The normalized spacial score (nSPS) is 41.4. The predicted octanol–water partition coefficient (Wildman–Crippen LogP) is 11.7. The molecule has 10 saturated carbocycles. The van der Waals surface area contributed by atoms with Crippen LogP contribution >= 0.6 is 0 Å². The summed E-state index contributed by atoms with van der Waals surface area (Å²) in [6.45, 7) is 11.2. The molecule has 0 aromatic heterocycles. The Hall–Kier alpha value is -0.120. The molecule has 3 heteroatoms. The Kier molecular flexibility index (Phi) is 15.6. The average molecular weight is 680 g/mol. The van der Waals surface area contributed by atoms with Crippen LogP contribution in [0.5, 0.6) is 0 Å². The molecule has 1 heterocycles. The highest BCUT2D eigenvalue weighted by molar-refractivity contribution is 5.44. The third-order valence-electron chi connectivity index (χ3n) is 15.9. The quantitative estimate of drug-likeness (QED) is 0.201. The van der Waals surface area contributed by atoms with Gasteiger partial charge in [0.15, 0.2) is 0 Å². The molecule has 0 aromatic carbocycles. The number of hydrogen-bond acceptors (Lipinski definition) is 3. The van der Waals surface area contributed by atoms with E-state index < -0.39 is 0 Å². The molecule has 0 amide bonds. The summed E-state index contributed by atoms with van der Waals surface area (Å²) in [6.07, 6.45) is 37.5. The molecule has 0 spiro atoms. The summed E-state index contributed by atoms with van der Waals surface area (Å²) in [4.78, 5) is 0. The van der Waals surface area contributed by atoms with E-state index in [1.165, 1.54) is 221 Å². The van der Waals surface area contributed by atoms with E-state index in [0.29, 0.717) is 0 Å². The van der Waals surface area contributed by atoms with Crippen LogP contribution in [0.25, 0.3) is 0 Å². The van der Waals surface area contributed by atoms with Crippen molar-refractivity contribution in [2.24, 2.45) is 59.2 Å². The Balaban J connectivity index is 0.000000110. The Labute approximate surface area is 306 Å².